The summed E-state index contributed by atoms with van der Waals surface area (Å²) < 4.78 is 54.4. The van der Waals surface area contributed by atoms with Crippen molar-refractivity contribution in [3.8, 4) is 0 Å². The lowest BCUT2D eigenvalue weighted by Gasteiger charge is -2.29. The second-order valence-electron chi connectivity index (χ2n) is 7.50. The van der Waals surface area contributed by atoms with Crippen molar-refractivity contribution in [2.45, 2.75) is 41.7 Å². The van der Waals surface area contributed by atoms with Gasteiger partial charge in [0.25, 0.3) is 10.0 Å². The first-order valence-electron chi connectivity index (χ1n) is 10.3. The zero-order valence-corrected chi connectivity index (χ0v) is 19.9. The third kappa shape index (κ3) is 4.17. The van der Waals surface area contributed by atoms with E-state index in [1.54, 1.807) is 35.7 Å². The van der Waals surface area contributed by atoms with Crippen molar-refractivity contribution in [2.75, 3.05) is 26.2 Å². The van der Waals surface area contributed by atoms with Gasteiger partial charge in [0, 0.05) is 32.1 Å². The van der Waals surface area contributed by atoms with Crippen LogP contribution < -0.4 is 0 Å². The minimum absolute atomic E-state index is 0.102. The molecule has 0 aliphatic carbocycles. The third-order valence-corrected chi connectivity index (χ3v) is 11.1. The Bertz CT molecular complexity index is 1250. The Labute approximate surface area is 187 Å². The topological polar surface area (TPSA) is 103 Å². The third-order valence-electron chi connectivity index (χ3n) is 5.74. The molecule has 168 valence electrons. The van der Waals surface area contributed by atoms with E-state index in [1.807, 2.05) is 13.8 Å². The second-order valence-corrected chi connectivity index (χ2v) is 12.6. The Balaban J connectivity index is 1.53. The molecule has 3 aromatic rings. The highest BCUT2D eigenvalue weighted by Gasteiger charge is 2.31. The number of benzene rings is 1. The number of hydrogen-bond acceptors (Lipinski definition) is 6. The summed E-state index contributed by atoms with van der Waals surface area (Å²) in [5.41, 5.74) is 1.39. The fourth-order valence-electron chi connectivity index (χ4n) is 3.98. The second kappa shape index (κ2) is 8.62. The highest BCUT2D eigenvalue weighted by atomic mass is 32.2. The first-order chi connectivity index (χ1) is 14.8. The van der Waals surface area contributed by atoms with Crippen molar-refractivity contribution in [3.05, 3.63) is 41.5 Å². The Morgan fingerprint density at radius 2 is 1.84 bits per heavy atom. The number of nitrogens with zero attached hydrogens (tertiary/aromatic N) is 3. The van der Waals surface area contributed by atoms with Gasteiger partial charge >= 0.3 is 0 Å². The number of hydrogen-bond donors (Lipinski definition) is 1. The highest BCUT2D eigenvalue weighted by molar-refractivity contribution is 7.91. The zero-order chi connectivity index (χ0) is 22.2. The summed E-state index contributed by atoms with van der Waals surface area (Å²) in [5.74, 6) is 0.880. The molecule has 1 aliphatic rings. The number of fused-ring (bicyclic) bond motifs is 1. The molecule has 1 saturated heterocycles. The maximum Gasteiger partial charge on any atom is 0.252 e. The number of piperidine rings is 1. The van der Waals surface area contributed by atoms with Crippen LogP contribution in [0, 0.1) is 0 Å². The van der Waals surface area contributed by atoms with Crippen LogP contribution in [0.3, 0.4) is 0 Å². The fourth-order valence-corrected chi connectivity index (χ4v) is 8.08. The number of sulfonamides is 2. The molecule has 31 heavy (non-hydrogen) atoms. The average Bonchev–Trinajstić information content (AvgIpc) is 3.44. The summed E-state index contributed by atoms with van der Waals surface area (Å²) in [6, 6.07) is 8.33. The molecule has 0 amide bonds. The van der Waals surface area contributed by atoms with Gasteiger partial charge < -0.3 is 4.98 Å². The van der Waals surface area contributed by atoms with Gasteiger partial charge in [0.15, 0.2) is 0 Å². The standard InChI is InChI=1S/C20H26N4O4S3/c1-3-23(4-2)30(25,26)16-7-8-17-18(14-16)22-20(21-17)15-9-11-24(12-10-15)31(27,28)19-6-5-13-29-19/h5-8,13-15H,3-4,9-12H2,1-2H3,(H,21,22). The minimum atomic E-state index is -3.54. The van der Waals surface area contributed by atoms with Gasteiger partial charge in [-0.2, -0.15) is 8.61 Å². The Kier molecular flexibility index (Phi) is 6.23. The van der Waals surface area contributed by atoms with Gasteiger partial charge in [-0.15, -0.1) is 11.3 Å². The van der Waals surface area contributed by atoms with Crippen LogP contribution in [0.1, 0.15) is 38.4 Å². The molecule has 4 rings (SSSR count). The molecule has 1 N–H and O–H groups in total. The molecule has 0 saturated carbocycles. The van der Waals surface area contributed by atoms with Gasteiger partial charge in [0.2, 0.25) is 10.0 Å². The molecule has 11 heteroatoms. The van der Waals surface area contributed by atoms with E-state index in [1.165, 1.54) is 19.9 Å². The van der Waals surface area contributed by atoms with Gasteiger partial charge in [-0.25, -0.2) is 21.8 Å². The lowest BCUT2D eigenvalue weighted by Crippen LogP contribution is -2.37. The highest BCUT2D eigenvalue weighted by Crippen LogP contribution is 2.32. The van der Waals surface area contributed by atoms with E-state index >= 15 is 0 Å². The lowest BCUT2D eigenvalue weighted by molar-refractivity contribution is 0.315. The number of H-pyrrole nitrogens is 1. The normalized spacial score (nSPS) is 17.0. The van der Waals surface area contributed by atoms with Crippen LogP contribution in [-0.2, 0) is 20.0 Å². The van der Waals surface area contributed by atoms with Gasteiger partial charge in [-0.05, 0) is 42.5 Å². The molecule has 3 heterocycles. The molecule has 1 aliphatic heterocycles. The van der Waals surface area contributed by atoms with E-state index in [0.29, 0.717) is 54.3 Å². The Morgan fingerprint density at radius 3 is 2.45 bits per heavy atom. The summed E-state index contributed by atoms with van der Waals surface area (Å²) >= 11 is 1.23. The maximum absolute atomic E-state index is 12.8. The van der Waals surface area contributed by atoms with Crippen molar-refractivity contribution < 1.29 is 16.8 Å². The number of nitrogens with one attached hydrogen (secondary N) is 1. The molecule has 0 bridgehead atoms. The van der Waals surface area contributed by atoms with Crippen LogP contribution in [0.4, 0.5) is 0 Å². The molecule has 1 fully saturated rings. The first kappa shape index (κ1) is 22.4. The summed E-state index contributed by atoms with van der Waals surface area (Å²) in [5, 5.41) is 1.77. The van der Waals surface area contributed by atoms with Crippen LogP contribution in [0.25, 0.3) is 11.0 Å². The van der Waals surface area contributed by atoms with Gasteiger partial charge in [-0.3, -0.25) is 0 Å². The monoisotopic (exact) mass is 482 g/mol. The molecular formula is C20H26N4O4S3. The molecule has 1 aromatic carbocycles. The van der Waals surface area contributed by atoms with E-state index in [9.17, 15) is 16.8 Å². The Morgan fingerprint density at radius 1 is 1.13 bits per heavy atom. The van der Waals surface area contributed by atoms with Crippen molar-refractivity contribution in [1.82, 2.24) is 18.6 Å². The zero-order valence-electron chi connectivity index (χ0n) is 17.5. The van der Waals surface area contributed by atoms with Crippen LogP contribution in [-0.4, -0.2) is 61.6 Å². The number of rotatable bonds is 7. The quantitative estimate of drug-likeness (QED) is 0.557. The molecule has 2 aromatic heterocycles. The number of aromatic amines is 1. The minimum Gasteiger partial charge on any atom is -0.342 e. The van der Waals surface area contributed by atoms with Crippen LogP contribution >= 0.6 is 11.3 Å². The number of aromatic nitrogens is 2. The molecule has 0 atom stereocenters. The number of imidazole rings is 1. The van der Waals surface area contributed by atoms with Crippen LogP contribution in [0.5, 0.6) is 0 Å². The fraction of sp³-hybridized carbons (Fsp3) is 0.450. The van der Waals surface area contributed by atoms with E-state index in [0.717, 1.165) is 5.82 Å². The van der Waals surface area contributed by atoms with Gasteiger partial charge in [0.05, 0.1) is 15.9 Å². The molecule has 0 unspecified atom stereocenters. The van der Waals surface area contributed by atoms with Crippen molar-refractivity contribution in [2.24, 2.45) is 0 Å². The SMILES string of the molecule is CCN(CC)S(=O)(=O)c1ccc2nc(C3CCN(S(=O)(=O)c4cccs4)CC3)[nH]c2c1. The van der Waals surface area contributed by atoms with E-state index in [4.69, 9.17) is 0 Å². The first-order valence-corrected chi connectivity index (χ1v) is 14.1. The van der Waals surface area contributed by atoms with Crippen molar-refractivity contribution in [1.29, 1.82) is 0 Å². The number of thiophene rings is 1. The maximum atomic E-state index is 12.8. The van der Waals surface area contributed by atoms with Crippen molar-refractivity contribution in [3.63, 3.8) is 0 Å². The smallest absolute Gasteiger partial charge is 0.252 e. The van der Waals surface area contributed by atoms with Crippen molar-refractivity contribution >= 4 is 42.4 Å². The van der Waals surface area contributed by atoms with Crippen LogP contribution in [0.15, 0.2) is 44.8 Å². The molecule has 8 nitrogen and oxygen atoms in total. The molecular weight excluding hydrogens is 456 g/mol. The summed E-state index contributed by atoms with van der Waals surface area (Å²) in [4.78, 5) is 8.17. The van der Waals surface area contributed by atoms with Gasteiger partial charge in [0.1, 0.15) is 10.0 Å². The predicted molar refractivity (Wildman–Crippen MR) is 121 cm³/mol. The summed E-state index contributed by atoms with van der Waals surface area (Å²) in [6.45, 7) is 5.33. The van der Waals surface area contributed by atoms with E-state index in [-0.39, 0.29) is 10.8 Å². The predicted octanol–water partition coefficient (Wildman–Crippen LogP) is 3.22. The van der Waals surface area contributed by atoms with E-state index < -0.39 is 20.0 Å². The summed E-state index contributed by atoms with van der Waals surface area (Å²) in [6.07, 6.45) is 1.32. The molecule has 0 spiro atoms. The largest absolute Gasteiger partial charge is 0.342 e. The van der Waals surface area contributed by atoms with Crippen LogP contribution in [0.2, 0.25) is 0 Å². The molecule has 0 radical (unpaired) electrons. The summed E-state index contributed by atoms with van der Waals surface area (Å²) in [7, 11) is -6.97. The lowest BCUT2D eigenvalue weighted by atomic mass is 9.97. The van der Waals surface area contributed by atoms with Gasteiger partial charge in [-0.1, -0.05) is 19.9 Å². The Hall–Kier alpha value is -1.79. The average molecular weight is 483 g/mol. The van der Waals surface area contributed by atoms with E-state index in [2.05, 4.69) is 9.97 Å².